The standard InChI is InChI=1S/C19H25NO5/c1-2-24-14-7-9-15(10-8-14)25-12-13(21)11-20-18(22)16-5-3-4-6-17(16)19(20)23/h7-10,13,16-17,21H,2-6,11-12H2,1H3/t13-,16-,17-/m1/s1. The molecule has 0 radical (unpaired) electrons. The number of β-amino-alcohol motifs (C(OH)–C–C–N with tert-alkyl or cyclic N) is 1. The Bertz CT molecular complexity index is 591. The van der Waals surface area contributed by atoms with Crippen molar-refractivity contribution >= 4 is 11.8 Å². The quantitative estimate of drug-likeness (QED) is 0.764. The van der Waals surface area contributed by atoms with Gasteiger partial charge in [-0.1, -0.05) is 12.8 Å². The molecule has 0 spiro atoms. The minimum absolute atomic E-state index is 0.00168. The number of amides is 2. The Labute approximate surface area is 147 Å². The summed E-state index contributed by atoms with van der Waals surface area (Å²) in [5.41, 5.74) is 0. The van der Waals surface area contributed by atoms with E-state index in [4.69, 9.17) is 9.47 Å². The Morgan fingerprint density at radius 2 is 1.56 bits per heavy atom. The number of aliphatic hydroxyl groups excluding tert-OH is 1. The van der Waals surface area contributed by atoms with Gasteiger partial charge in [-0.3, -0.25) is 14.5 Å². The normalized spacial score (nSPS) is 24.2. The smallest absolute Gasteiger partial charge is 0.233 e. The van der Waals surface area contributed by atoms with Crippen LogP contribution in [0.25, 0.3) is 0 Å². The maximum Gasteiger partial charge on any atom is 0.233 e. The molecule has 25 heavy (non-hydrogen) atoms. The highest BCUT2D eigenvalue weighted by molar-refractivity contribution is 6.05. The Kier molecular flexibility index (Phi) is 5.58. The summed E-state index contributed by atoms with van der Waals surface area (Å²) in [5.74, 6) is 0.743. The SMILES string of the molecule is CCOc1ccc(OC[C@H](O)CN2C(=O)[C@@H]3CCCC[C@H]3C2=O)cc1. The van der Waals surface area contributed by atoms with E-state index in [9.17, 15) is 14.7 Å². The fourth-order valence-electron chi connectivity index (χ4n) is 3.67. The van der Waals surface area contributed by atoms with Crippen LogP contribution in [0.4, 0.5) is 0 Å². The summed E-state index contributed by atoms with van der Waals surface area (Å²) in [5, 5.41) is 10.2. The number of hydrogen-bond donors (Lipinski definition) is 1. The van der Waals surface area contributed by atoms with Gasteiger partial charge in [0, 0.05) is 0 Å². The minimum Gasteiger partial charge on any atom is -0.494 e. The van der Waals surface area contributed by atoms with Crippen molar-refractivity contribution in [3.05, 3.63) is 24.3 Å². The topological polar surface area (TPSA) is 76.1 Å². The lowest BCUT2D eigenvalue weighted by molar-refractivity contribution is -0.141. The molecule has 1 aromatic carbocycles. The maximum absolute atomic E-state index is 12.4. The number of hydrogen-bond acceptors (Lipinski definition) is 5. The predicted octanol–water partition coefficient (Wildman–Crippen LogP) is 2.00. The van der Waals surface area contributed by atoms with E-state index >= 15 is 0 Å². The zero-order valence-electron chi connectivity index (χ0n) is 14.5. The van der Waals surface area contributed by atoms with E-state index in [1.807, 2.05) is 6.92 Å². The number of imide groups is 1. The Balaban J connectivity index is 1.51. The van der Waals surface area contributed by atoms with Gasteiger partial charge in [0.2, 0.25) is 11.8 Å². The molecule has 2 fully saturated rings. The van der Waals surface area contributed by atoms with E-state index in [1.165, 1.54) is 4.90 Å². The van der Waals surface area contributed by atoms with Crippen molar-refractivity contribution in [2.24, 2.45) is 11.8 Å². The van der Waals surface area contributed by atoms with Crippen molar-refractivity contribution in [2.75, 3.05) is 19.8 Å². The summed E-state index contributed by atoms with van der Waals surface area (Å²) in [6, 6.07) is 7.11. The fourth-order valence-corrected chi connectivity index (χ4v) is 3.67. The van der Waals surface area contributed by atoms with Crippen molar-refractivity contribution in [1.29, 1.82) is 0 Å². The summed E-state index contributed by atoms with van der Waals surface area (Å²) in [6.45, 7) is 2.54. The molecule has 3 atom stereocenters. The number of fused-ring (bicyclic) bond motifs is 1. The van der Waals surface area contributed by atoms with Crippen LogP contribution in [0.2, 0.25) is 0 Å². The number of carbonyl (C=O) groups is 2. The van der Waals surface area contributed by atoms with Crippen LogP contribution in [0.15, 0.2) is 24.3 Å². The van der Waals surface area contributed by atoms with Crippen molar-refractivity contribution in [2.45, 2.75) is 38.7 Å². The van der Waals surface area contributed by atoms with Gasteiger partial charge in [-0.05, 0) is 44.0 Å². The van der Waals surface area contributed by atoms with Crippen molar-refractivity contribution in [1.82, 2.24) is 4.90 Å². The molecular weight excluding hydrogens is 322 g/mol. The second-order valence-electron chi connectivity index (χ2n) is 6.65. The van der Waals surface area contributed by atoms with Crippen LogP contribution in [-0.2, 0) is 9.59 Å². The van der Waals surface area contributed by atoms with E-state index in [1.54, 1.807) is 24.3 Å². The summed E-state index contributed by atoms with van der Waals surface area (Å²) in [6.07, 6.45) is 2.66. The lowest BCUT2D eigenvalue weighted by atomic mass is 9.81. The number of rotatable bonds is 7. The third-order valence-electron chi connectivity index (χ3n) is 4.90. The lowest BCUT2D eigenvalue weighted by Crippen LogP contribution is -2.40. The molecule has 2 aliphatic rings. The molecule has 1 heterocycles. The first-order valence-electron chi connectivity index (χ1n) is 8.99. The zero-order valence-corrected chi connectivity index (χ0v) is 14.5. The molecule has 1 N–H and O–H groups in total. The highest BCUT2D eigenvalue weighted by Gasteiger charge is 2.48. The van der Waals surface area contributed by atoms with Crippen LogP contribution in [0.5, 0.6) is 11.5 Å². The van der Waals surface area contributed by atoms with Crippen LogP contribution >= 0.6 is 0 Å². The molecule has 3 rings (SSSR count). The van der Waals surface area contributed by atoms with E-state index < -0.39 is 6.10 Å². The number of nitrogens with zero attached hydrogens (tertiary/aromatic N) is 1. The van der Waals surface area contributed by atoms with Crippen LogP contribution in [0.3, 0.4) is 0 Å². The summed E-state index contributed by atoms with van der Waals surface area (Å²) >= 11 is 0. The van der Waals surface area contributed by atoms with E-state index in [-0.39, 0.29) is 36.8 Å². The molecule has 0 aromatic heterocycles. The number of aliphatic hydroxyl groups is 1. The Hall–Kier alpha value is -2.08. The number of carbonyl (C=O) groups excluding carboxylic acids is 2. The summed E-state index contributed by atoms with van der Waals surface area (Å²) in [4.78, 5) is 26.0. The molecule has 6 nitrogen and oxygen atoms in total. The van der Waals surface area contributed by atoms with Gasteiger partial charge >= 0.3 is 0 Å². The average Bonchev–Trinajstić information content (AvgIpc) is 2.87. The van der Waals surface area contributed by atoms with Crippen LogP contribution in [-0.4, -0.2) is 47.7 Å². The molecule has 0 bridgehead atoms. The summed E-state index contributed by atoms with van der Waals surface area (Å²) in [7, 11) is 0. The van der Waals surface area contributed by atoms with Crippen LogP contribution in [0, 0.1) is 11.8 Å². The monoisotopic (exact) mass is 347 g/mol. The number of likely N-dealkylation sites (tertiary alicyclic amines) is 1. The highest BCUT2D eigenvalue weighted by atomic mass is 16.5. The highest BCUT2D eigenvalue weighted by Crippen LogP contribution is 2.38. The third kappa shape index (κ3) is 3.95. The molecule has 0 unspecified atom stereocenters. The van der Waals surface area contributed by atoms with Gasteiger partial charge < -0.3 is 14.6 Å². The molecule has 1 saturated heterocycles. The number of benzene rings is 1. The lowest BCUT2D eigenvalue weighted by Gasteiger charge is -2.19. The Morgan fingerprint density at radius 1 is 1.04 bits per heavy atom. The van der Waals surface area contributed by atoms with E-state index in [0.29, 0.717) is 12.4 Å². The number of ether oxygens (including phenoxy) is 2. The van der Waals surface area contributed by atoms with Gasteiger partial charge in [0.15, 0.2) is 0 Å². The van der Waals surface area contributed by atoms with E-state index in [2.05, 4.69) is 0 Å². The molecule has 1 saturated carbocycles. The molecule has 6 heteroatoms. The second-order valence-corrected chi connectivity index (χ2v) is 6.65. The first-order valence-corrected chi connectivity index (χ1v) is 8.99. The molecule has 1 aromatic rings. The predicted molar refractivity (Wildman–Crippen MR) is 91.3 cm³/mol. The van der Waals surface area contributed by atoms with Gasteiger partial charge in [0.1, 0.15) is 24.2 Å². The first kappa shape index (κ1) is 17.7. The van der Waals surface area contributed by atoms with Crippen molar-refractivity contribution in [3.63, 3.8) is 0 Å². The molecule has 136 valence electrons. The second kappa shape index (κ2) is 7.87. The van der Waals surface area contributed by atoms with Gasteiger partial charge in [-0.15, -0.1) is 0 Å². The Morgan fingerprint density at radius 3 is 2.08 bits per heavy atom. The zero-order chi connectivity index (χ0) is 17.8. The van der Waals surface area contributed by atoms with Gasteiger partial charge in [-0.25, -0.2) is 0 Å². The minimum atomic E-state index is -0.903. The van der Waals surface area contributed by atoms with Gasteiger partial charge in [0.25, 0.3) is 0 Å². The van der Waals surface area contributed by atoms with E-state index in [0.717, 1.165) is 31.4 Å². The largest absolute Gasteiger partial charge is 0.494 e. The van der Waals surface area contributed by atoms with Crippen LogP contribution in [0.1, 0.15) is 32.6 Å². The van der Waals surface area contributed by atoms with Gasteiger partial charge in [0.05, 0.1) is 25.0 Å². The summed E-state index contributed by atoms with van der Waals surface area (Å²) < 4.78 is 10.9. The van der Waals surface area contributed by atoms with Crippen molar-refractivity contribution < 1.29 is 24.2 Å². The average molecular weight is 347 g/mol. The molecule has 1 aliphatic carbocycles. The molecule has 2 amide bonds. The van der Waals surface area contributed by atoms with Gasteiger partial charge in [-0.2, -0.15) is 0 Å². The van der Waals surface area contributed by atoms with Crippen molar-refractivity contribution in [3.8, 4) is 11.5 Å². The molecular formula is C19H25NO5. The van der Waals surface area contributed by atoms with Crippen LogP contribution < -0.4 is 9.47 Å². The third-order valence-corrected chi connectivity index (χ3v) is 4.90. The fraction of sp³-hybridized carbons (Fsp3) is 0.579. The molecule has 1 aliphatic heterocycles. The first-order chi connectivity index (χ1) is 12.1. The maximum atomic E-state index is 12.4.